The van der Waals surface area contributed by atoms with E-state index in [9.17, 15) is 28.8 Å². The molecule has 12 aliphatic carbocycles. The molecule has 0 aliphatic heterocycles. The van der Waals surface area contributed by atoms with Crippen molar-refractivity contribution < 1.29 is 57.2 Å². The van der Waals surface area contributed by atoms with Crippen LogP contribution in [0.4, 0.5) is 0 Å². The standard InChI is InChI=1S/C87H132O12/c1-52(70-22-25-73-67-19-16-61-46-64(97-55(4)88)31-37-82(61,7)76(67)34-40-85(70,73)10)13-28-79(91)94-49-58-43-59(50-95-80(92)29-14-53(2)71-23-26-74-68-20-17-62-47-65(98-56(5)89)32-38-83(62,8)77(68)35-41-86(71,74)11)45-60(44-58)51-96-81(93)30-15-54(3)72-24-27-75-69-21-18-63-48-66(99-57(6)90)33-39-84(63,9)78(69)36-42-87(72,75)12/h43-45,52-54,61-78H,13-42,46-51H2,1-12H3/t52-,53-,54-,61-,62-,63-,64-,65-,66-,67+,68+,69+,70-,71-,72-,73+,74+,75+,76+,77+,78+,82+,83+,84+,85-,86-,87-/m1/s1. The molecule has 0 saturated heterocycles. The molecule has 1 aromatic carbocycles. The lowest BCUT2D eigenvalue weighted by Gasteiger charge is -2.61. The lowest BCUT2D eigenvalue weighted by atomic mass is 9.44. The molecule has 12 nitrogen and oxygen atoms in total. The molecule has 0 radical (unpaired) electrons. The fourth-order valence-corrected chi connectivity index (χ4v) is 29.0. The Morgan fingerprint density at radius 1 is 0.343 bits per heavy atom. The molecule has 0 heterocycles. The van der Waals surface area contributed by atoms with Crippen LogP contribution in [0.25, 0.3) is 0 Å². The van der Waals surface area contributed by atoms with Gasteiger partial charge in [-0.3, -0.25) is 28.8 Å². The second-order valence-electron chi connectivity index (χ2n) is 38.4. The molecule has 1 aromatic rings. The zero-order valence-corrected chi connectivity index (χ0v) is 63.7. The maximum absolute atomic E-state index is 13.9. The Morgan fingerprint density at radius 3 is 0.859 bits per heavy atom. The van der Waals surface area contributed by atoms with E-state index in [1.807, 2.05) is 18.2 Å². The monoisotopic (exact) mass is 1370 g/mol. The van der Waals surface area contributed by atoms with E-state index in [1.165, 1.54) is 116 Å². The molecule has 27 atom stereocenters. The lowest BCUT2D eigenvalue weighted by Crippen LogP contribution is -2.54. The first-order valence-electron chi connectivity index (χ1n) is 41.2. The summed E-state index contributed by atoms with van der Waals surface area (Å²) in [6.07, 6.45) is 36.0. The van der Waals surface area contributed by atoms with Gasteiger partial charge in [-0.05, 0) is 367 Å². The number of ether oxygens (including phenoxy) is 6. The molecule has 12 heteroatoms. The Bertz CT molecular complexity index is 2770. The topological polar surface area (TPSA) is 158 Å². The molecule has 13 rings (SSSR count). The van der Waals surface area contributed by atoms with Crippen molar-refractivity contribution in [3.63, 3.8) is 0 Å². The van der Waals surface area contributed by atoms with E-state index < -0.39 is 0 Å². The molecule has 0 spiro atoms. The molecule has 0 amide bonds. The first kappa shape index (κ1) is 73.4. The van der Waals surface area contributed by atoms with Crippen LogP contribution in [0.2, 0.25) is 0 Å². The quantitative estimate of drug-likeness (QED) is 0.0849. The van der Waals surface area contributed by atoms with Crippen molar-refractivity contribution in [2.45, 2.75) is 333 Å². The van der Waals surface area contributed by atoms with Gasteiger partial charge in [0.15, 0.2) is 0 Å². The van der Waals surface area contributed by atoms with Gasteiger partial charge in [-0.1, -0.05) is 62.3 Å². The van der Waals surface area contributed by atoms with Gasteiger partial charge in [-0.25, -0.2) is 0 Å². The Kier molecular flexibility index (Phi) is 21.6. The Hall–Kier alpha value is -3.96. The van der Waals surface area contributed by atoms with Crippen LogP contribution >= 0.6 is 0 Å². The van der Waals surface area contributed by atoms with Gasteiger partial charge in [0.05, 0.1) is 0 Å². The molecule has 12 aliphatic rings. The van der Waals surface area contributed by atoms with Gasteiger partial charge in [-0.15, -0.1) is 0 Å². The number of esters is 6. The number of carbonyl (C=O) groups excluding carboxylic acids is 6. The zero-order chi connectivity index (χ0) is 70.1. The highest BCUT2D eigenvalue weighted by Gasteiger charge is 2.65. The third-order valence-corrected chi connectivity index (χ3v) is 33.9. The third kappa shape index (κ3) is 14.3. The molecule has 99 heavy (non-hydrogen) atoms. The van der Waals surface area contributed by atoms with Crippen molar-refractivity contribution in [1.82, 2.24) is 0 Å². The van der Waals surface area contributed by atoms with Crippen molar-refractivity contribution in [3.8, 4) is 0 Å². The number of hydrogen-bond donors (Lipinski definition) is 0. The molecule has 0 N–H and O–H groups in total. The summed E-state index contributed by atoms with van der Waals surface area (Å²) < 4.78 is 35.8. The zero-order valence-electron chi connectivity index (χ0n) is 63.7. The molecule has 12 saturated carbocycles. The number of fused-ring (bicyclic) bond motifs is 15. The maximum atomic E-state index is 13.9. The Labute approximate surface area is 597 Å². The Balaban J connectivity index is 0.611. The largest absolute Gasteiger partial charge is 0.463 e. The van der Waals surface area contributed by atoms with Crippen LogP contribution in [0, 0.1) is 139 Å². The fourth-order valence-electron chi connectivity index (χ4n) is 29.0. The molecule has 12 fully saturated rings. The summed E-state index contributed by atoms with van der Waals surface area (Å²) >= 11 is 0. The van der Waals surface area contributed by atoms with E-state index in [0.717, 1.165) is 147 Å². The van der Waals surface area contributed by atoms with E-state index in [2.05, 4.69) is 62.3 Å². The summed E-state index contributed by atoms with van der Waals surface area (Å²) in [6.45, 7) is 27.6. The minimum atomic E-state index is -0.192. The smallest absolute Gasteiger partial charge is 0.306 e. The van der Waals surface area contributed by atoms with Crippen LogP contribution in [0.3, 0.4) is 0 Å². The molecule has 552 valence electrons. The fraction of sp³-hybridized carbons (Fsp3) is 0.862. The molecular weight excluding hydrogens is 1240 g/mol. The summed E-state index contributed by atoms with van der Waals surface area (Å²) in [4.78, 5) is 77.4. The SMILES string of the molecule is CC(=O)O[C@@H]1CC[C@@]2(C)[C@H](CC[C@@H]3[C@@H]2CC[C@]2(C)[C@@H]([C@H](C)CCC(=O)OCc4cc(COC(=O)CC[C@@H](C)[C@H]5CC[C@H]6[C@@H]7CC[C@@H]8C[C@H](OC(C)=O)CC[C@]8(C)[C@H]7CC[C@]56C)cc(COC(=O)CC[C@@H](C)[C@H]5CC[C@H]6[C@@H]7CC[C@@H]8C[C@H](OC(C)=O)CC[C@]8(C)[C@H]7CC[C@]56C)c4)CC[C@@H]32)C1. The normalized spacial score (nSPS) is 43.4. The van der Waals surface area contributed by atoms with E-state index in [4.69, 9.17) is 28.4 Å². The van der Waals surface area contributed by atoms with Crippen molar-refractivity contribution in [3.05, 3.63) is 34.9 Å². The summed E-state index contributed by atoms with van der Waals surface area (Å²) in [5.74, 6) is 10.5. The predicted molar refractivity (Wildman–Crippen MR) is 383 cm³/mol. The van der Waals surface area contributed by atoms with Gasteiger partial charge in [0.2, 0.25) is 0 Å². The Morgan fingerprint density at radius 2 is 0.596 bits per heavy atom. The van der Waals surface area contributed by atoms with E-state index in [0.29, 0.717) is 88.8 Å². The van der Waals surface area contributed by atoms with Crippen LogP contribution in [-0.2, 0) is 77.0 Å². The lowest BCUT2D eigenvalue weighted by molar-refractivity contribution is -0.161. The minimum Gasteiger partial charge on any atom is -0.463 e. The van der Waals surface area contributed by atoms with Crippen molar-refractivity contribution in [2.75, 3.05) is 0 Å². The van der Waals surface area contributed by atoms with Gasteiger partial charge in [-0.2, -0.15) is 0 Å². The summed E-state index contributed by atoms with van der Waals surface area (Å²) in [5.41, 5.74) is 4.22. The van der Waals surface area contributed by atoms with Crippen LogP contribution in [0.15, 0.2) is 18.2 Å². The van der Waals surface area contributed by atoms with Crippen LogP contribution in [-0.4, -0.2) is 54.1 Å². The van der Waals surface area contributed by atoms with Crippen LogP contribution in [0.5, 0.6) is 0 Å². The van der Waals surface area contributed by atoms with Crippen molar-refractivity contribution in [1.29, 1.82) is 0 Å². The minimum absolute atomic E-state index is 0.0777. The molecule has 0 bridgehead atoms. The average molecular weight is 1370 g/mol. The third-order valence-electron chi connectivity index (χ3n) is 33.9. The van der Waals surface area contributed by atoms with Gasteiger partial charge in [0, 0.05) is 40.0 Å². The van der Waals surface area contributed by atoms with Crippen LogP contribution in [0.1, 0.15) is 312 Å². The number of benzene rings is 1. The van der Waals surface area contributed by atoms with Crippen molar-refractivity contribution >= 4 is 35.8 Å². The summed E-state index contributed by atoms with van der Waals surface area (Å²) in [6, 6.07) is 5.98. The highest BCUT2D eigenvalue weighted by Crippen LogP contribution is 2.72. The highest BCUT2D eigenvalue weighted by molar-refractivity contribution is 5.70. The van der Waals surface area contributed by atoms with Gasteiger partial charge in [0.1, 0.15) is 38.1 Å². The van der Waals surface area contributed by atoms with Gasteiger partial charge < -0.3 is 28.4 Å². The first-order valence-corrected chi connectivity index (χ1v) is 41.2. The number of carbonyl (C=O) groups is 6. The van der Waals surface area contributed by atoms with Gasteiger partial charge >= 0.3 is 35.8 Å². The second kappa shape index (κ2) is 29.2. The molecular formula is C87H132O12. The van der Waals surface area contributed by atoms with Crippen molar-refractivity contribution in [2.24, 2.45) is 139 Å². The average Bonchev–Trinajstić information content (AvgIpc) is 1.71. The van der Waals surface area contributed by atoms with E-state index in [-0.39, 0.29) is 90.2 Å². The number of rotatable bonds is 21. The van der Waals surface area contributed by atoms with Crippen LogP contribution < -0.4 is 0 Å². The maximum Gasteiger partial charge on any atom is 0.306 e. The van der Waals surface area contributed by atoms with E-state index in [1.54, 1.807) is 20.8 Å². The second-order valence-corrected chi connectivity index (χ2v) is 38.4. The number of hydrogen-bond acceptors (Lipinski definition) is 12. The summed E-state index contributed by atoms with van der Waals surface area (Å²) in [7, 11) is 0. The molecule has 0 unspecified atom stereocenters. The van der Waals surface area contributed by atoms with Gasteiger partial charge in [0.25, 0.3) is 0 Å². The first-order chi connectivity index (χ1) is 47.1. The highest BCUT2D eigenvalue weighted by atomic mass is 16.6. The molecule has 0 aromatic heterocycles. The predicted octanol–water partition coefficient (Wildman–Crippen LogP) is 19.8. The van der Waals surface area contributed by atoms with E-state index >= 15 is 0 Å². The summed E-state index contributed by atoms with van der Waals surface area (Å²) in [5, 5.41) is 0.